The number of allylic oxidation sites excluding steroid dienone is 1. The first kappa shape index (κ1) is 23.3. The number of rotatable bonds is 8. The van der Waals surface area contributed by atoms with E-state index in [1.807, 2.05) is 17.6 Å². The number of aryl methyl sites for hydroxylation is 2. The summed E-state index contributed by atoms with van der Waals surface area (Å²) >= 11 is 2.77. The summed E-state index contributed by atoms with van der Waals surface area (Å²) in [6.07, 6.45) is 8.40. The number of amides is 1. The minimum atomic E-state index is -0.400. The molecule has 0 aliphatic heterocycles. The fourth-order valence-electron chi connectivity index (χ4n) is 3.95. The summed E-state index contributed by atoms with van der Waals surface area (Å²) in [5.41, 5.74) is 2.38. The van der Waals surface area contributed by atoms with Crippen LogP contribution in [0.1, 0.15) is 45.8 Å². The van der Waals surface area contributed by atoms with Gasteiger partial charge in [0.05, 0.1) is 30.3 Å². The number of hydrogen-bond donors (Lipinski definition) is 1. The number of thioether (sulfide) groups is 1. The van der Waals surface area contributed by atoms with Crippen LogP contribution < -0.4 is 5.32 Å². The van der Waals surface area contributed by atoms with E-state index in [2.05, 4.69) is 22.1 Å². The first-order valence-electron chi connectivity index (χ1n) is 10.8. The van der Waals surface area contributed by atoms with Gasteiger partial charge in [-0.3, -0.25) is 9.36 Å². The highest BCUT2D eigenvalue weighted by molar-refractivity contribution is 7.99. The monoisotopic (exact) mass is 486 g/mol. The molecule has 0 spiro atoms. The number of carbonyl (C=O) groups is 2. The Kier molecular flexibility index (Phi) is 7.34. The van der Waals surface area contributed by atoms with E-state index in [0.717, 1.165) is 49.0 Å². The molecule has 10 heteroatoms. The van der Waals surface area contributed by atoms with E-state index in [0.29, 0.717) is 28.1 Å². The van der Waals surface area contributed by atoms with Crippen LogP contribution in [0, 0.1) is 6.92 Å². The summed E-state index contributed by atoms with van der Waals surface area (Å²) < 4.78 is 12.3. The highest BCUT2D eigenvalue weighted by Gasteiger charge is 2.26. The molecular formula is C23H26N4O4S2. The predicted molar refractivity (Wildman–Crippen MR) is 129 cm³/mol. The lowest BCUT2D eigenvalue weighted by atomic mass is 10.1. The van der Waals surface area contributed by atoms with Crippen molar-refractivity contribution in [1.82, 2.24) is 14.8 Å². The zero-order chi connectivity index (χ0) is 23.4. The van der Waals surface area contributed by atoms with Crippen molar-refractivity contribution in [3.8, 4) is 11.4 Å². The third-order valence-electron chi connectivity index (χ3n) is 5.52. The minimum Gasteiger partial charge on any atom is -0.469 e. The summed E-state index contributed by atoms with van der Waals surface area (Å²) in [5.74, 6) is 0.927. The van der Waals surface area contributed by atoms with Gasteiger partial charge in [0.15, 0.2) is 11.0 Å². The standard InChI is InChI=1S/C23H26N4O4S2/c1-4-11-27-20(15-10-12-31-14(15)2)25-26-23(27)32-13-18(28)24-21-19(22(29)30-3)16-8-6-5-7-9-17(16)33-21/h4,10,12H,1,5-9,11,13H2,2-3H3,(H,24,28). The second-order valence-electron chi connectivity index (χ2n) is 7.69. The Morgan fingerprint density at radius 3 is 2.88 bits per heavy atom. The Hall–Kier alpha value is -2.85. The van der Waals surface area contributed by atoms with Crippen LogP contribution in [0.3, 0.4) is 0 Å². The first-order chi connectivity index (χ1) is 16.0. The number of thiophene rings is 1. The summed E-state index contributed by atoms with van der Waals surface area (Å²) in [4.78, 5) is 26.5. The van der Waals surface area contributed by atoms with Gasteiger partial charge in [0, 0.05) is 11.4 Å². The molecule has 0 aromatic carbocycles. The second-order valence-corrected chi connectivity index (χ2v) is 9.74. The largest absolute Gasteiger partial charge is 0.469 e. The van der Waals surface area contributed by atoms with Crippen LogP contribution in [0.2, 0.25) is 0 Å². The molecule has 1 aliphatic rings. The average molecular weight is 487 g/mol. The summed E-state index contributed by atoms with van der Waals surface area (Å²) in [6, 6.07) is 1.84. The van der Waals surface area contributed by atoms with Gasteiger partial charge in [-0.1, -0.05) is 24.3 Å². The number of esters is 1. The topological polar surface area (TPSA) is 99.2 Å². The van der Waals surface area contributed by atoms with Crippen molar-refractivity contribution >= 4 is 40.0 Å². The lowest BCUT2D eigenvalue weighted by Gasteiger charge is -2.08. The van der Waals surface area contributed by atoms with Crippen LogP contribution in [0.25, 0.3) is 11.4 Å². The molecule has 3 aromatic heterocycles. The number of anilines is 1. The van der Waals surface area contributed by atoms with Gasteiger partial charge in [-0.05, 0) is 44.2 Å². The van der Waals surface area contributed by atoms with Crippen molar-refractivity contribution in [2.75, 3.05) is 18.2 Å². The molecule has 1 aliphatic carbocycles. The molecule has 1 amide bonds. The van der Waals surface area contributed by atoms with Crippen molar-refractivity contribution < 1.29 is 18.7 Å². The molecule has 1 N–H and O–H groups in total. The van der Waals surface area contributed by atoms with E-state index in [4.69, 9.17) is 9.15 Å². The molecule has 33 heavy (non-hydrogen) atoms. The Bertz CT molecular complexity index is 1180. The minimum absolute atomic E-state index is 0.128. The number of ether oxygens (including phenoxy) is 1. The quantitative estimate of drug-likeness (QED) is 0.210. The van der Waals surface area contributed by atoms with Crippen molar-refractivity contribution in [2.45, 2.75) is 50.7 Å². The lowest BCUT2D eigenvalue weighted by molar-refractivity contribution is -0.113. The molecule has 0 unspecified atom stereocenters. The molecule has 174 valence electrons. The zero-order valence-electron chi connectivity index (χ0n) is 18.7. The van der Waals surface area contributed by atoms with Gasteiger partial charge in [0.25, 0.3) is 0 Å². The maximum Gasteiger partial charge on any atom is 0.341 e. The molecule has 0 radical (unpaired) electrons. The lowest BCUT2D eigenvalue weighted by Crippen LogP contribution is -2.16. The zero-order valence-corrected chi connectivity index (χ0v) is 20.3. The molecule has 0 bridgehead atoms. The fraction of sp³-hybridized carbons (Fsp3) is 0.391. The molecule has 0 saturated heterocycles. The van der Waals surface area contributed by atoms with Crippen molar-refractivity contribution in [1.29, 1.82) is 0 Å². The number of nitrogens with zero attached hydrogens (tertiary/aromatic N) is 3. The maximum absolute atomic E-state index is 12.8. The molecule has 0 atom stereocenters. The van der Waals surface area contributed by atoms with Crippen molar-refractivity contribution in [3.05, 3.63) is 46.7 Å². The molecule has 8 nitrogen and oxygen atoms in total. The van der Waals surface area contributed by atoms with Crippen LogP contribution in [0.4, 0.5) is 5.00 Å². The molecule has 0 fully saturated rings. The van der Waals surface area contributed by atoms with Gasteiger partial charge in [0.1, 0.15) is 10.8 Å². The number of methoxy groups -OCH3 is 1. The highest BCUT2D eigenvalue weighted by atomic mass is 32.2. The van der Waals surface area contributed by atoms with Crippen LogP contribution >= 0.6 is 23.1 Å². The Morgan fingerprint density at radius 2 is 2.15 bits per heavy atom. The number of aromatic nitrogens is 3. The van der Waals surface area contributed by atoms with Gasteiger partial charge >= 0.3 is 5.97 Å². The van der Waals surface area contributed by atoms with Gasteiger partial charge in [-0.2, -0.15) is 0 Å². The Balaban J connectivity index is 1.51. The summed E-state index contributed by atoms with van der Waals surface area (Å²) in [5, 5.41) is 12.7. The van der Waals surface area contributed by atoms with E-state index in [1.165, 1.54) is 35.1 Å². The van der Waals surface area contributed by atoms with E-state index in [-0.39, 0.29) is 11.7 Å². The molecular weight excluding hydrogens is 460 g/mol. The van der Waals surface area contributed by atoms with Gasteiger partial charge < -0.3 is 14.5 Å². The average Bonchev–Trinajstić information content (AvgIpc) is 3.44. The van der Waals surface area contributed by atoms with E-state index in [9.17, 15) is 9.59 Å². The van der Waals surface area contributed by atoms with Crippen LogP contribution in [-0.4, -0.2) is 39.5 Å². The number of carbonyl (C=O) groups excluding carboxylic acids is 2. The number of fused-ring (bicyclic) bond motifs is 1. The van der Waals surface area contributed by atoms with Crippen LogP contribution in [0.5, 0.6) is 0 Å². The van der Waals surface area contributed by atoms with Gasteiger partial charge in [0.2, 0.25) is 5.91 Å². The maximum atomic E-state index is 12.8. The Morgan fingerprint density at radius 1 is 1.33 bits per heavy atom. The molecule has 3 heterocycles. The van der Waals surface area contributed by atoms with E-state index in [1.54, 1.807) is 12.3 Å². The van der Waals surface area contributed by atoms with Crippen LogP contribution in [-0.2, 0) is 28.9 Å². The smallest absolute Gasteiger partial charge is 0.341 e. The fourth-order valence-corrected chi connectivity index (χ4v) is 5.99. The van der Waals surface area contributed by atoms with Crippen molar-refractivity contribution in [3.63, 3.8) is 0 Å². The van der Waals surface area contributed by atoms with Crippen LogP contribution in [0.15, 0.2) is 34.6 Å². The SMILES string of the molecule is C=CCn1c(SCC(=O)Nc2sc3c(c2C(=O)OC)CCCCC3)nnc1-c1ccoc1C. The number of nitrogens with one attached hydrogen (secondary N) is 1. The molecule has 4 rings (SSSR count). The summed E-state index contributed by atoms with van der Waals surface area (Å²) in [6.45, 7) is 6.18. The molecule has 3 aromatic rings. The van der Waals surface area contributed by atoms with Gasteiger partial charge in [-0.15, -0.1) is 28.1 Å². The number of furan rings is 1. The predicted octanol–water partition coefficient (Wildman–Crippen LogP) is 4.88. The van der Waals surface area contributed by atoms with E-state index < -0.39 is 5.97 Å². The molecule has 0 saturated carbocycles. The normalized spacial score (nSPS) is 13.3. The third-order valence-corrected chi connectivity index (χ3v) is 7.70. The Labute approximate surface area is 200 Å². The summed E-state index contributed by atoms with van der Waals surface area (Å²) in [7, 11) is 1.37. The first-order valence-corrected chi connectivity index (χ1v) is 12.6. The highest BCUT2D eigenvalue weighted by Crippen LogP contribution is 2.38. The van der Waals surface area contributed by atoms with Crippen molar-refractivity contribution in [2.24, 2.45) is 0 Å². The second kappa shape index (κ2) is 10.4. The number of hydrogen-bond acceptors (Lipinski definition) is 8. The van der Waals surface area contributed by atoms with E-state index >= 15 is 0 Å². The van der Waals surface area contributed by atoms with Gasteiger partial charge in [-0.25, -0.2) is 4.79 Å². The third kappa shape index (κ3) is 4.91.